The second-order valence-corrected chi connectivity index (χ2v) is 5.93. The molecule has 0 aromatic heterocycles. The van der Waals surface area contributed by atoms with Crippen LogP contribution >= 0.6 is 0 Å². The van der Waals surface area contributed by atoms with Gasteiger partial charge < -0.3 is 10.1 Å². The zero-order valence-corrected chi connectivity index (χ0v) is 12.7. The van der Waals surface area contributed by atoms with Crippen molar-refractivity contribution in [2.45, 2.75) is 51.4 Å². The number of benzene rings is 1. The number of ether oxygens (including phenoxy) is 1. The first kappa shape index (κ1) is 15.4. The molecule has 1 N–H and O–H groups in total. The number of para-hydroxylation sites is 1. The molecule has 112 valence electrons. The van der Waals surface area contributed by atoms with Crippen LogP contribution < -0.4 is 10.1 Å². The van der Waals surface area contributed by atoms with E-state index >= 15 is 0 Å². The highest BCUT2D eigenvalue weighted by molar-refractivity contribution is 5.20. The Bertz CT molecular complexity index is 331. The number of hydrogen-bond donors (Lipinski definition) is 1. The van der Waals surface area contributed by atoms with Crippen LogP contribution in [-0.4, -0.2) is 19.7 Å². The lowest BCUT2D eigenvalue weighted by atomic mass is 9.96. The molecule has 0 spiro atoms. The molecule has 2 heteroatoms. The second-order valence-electron chi connectivity index (χ2n) is 5.93. The van der Waals surface area contributed by atoms with Crippen LogP contribution in [0.1, 0.15) is 51.4 Å². The van der Waals surface area contributed by atoms with E-state index in [9.17, 15) is 0 Å². The highest BCUT2D eigenvalue weighted by Gasteiger charge is 2.10. The Hall–Kier alpha value is -1.02. The fraction of sp³-hybridized carbons (Fsp3) is 0.667. The molecule has 1 aliphatic heterocycles. The van der Waals surface area contributed by atoms with Crippen molar-refractivity contribution in [2.75, 3.05) is 19.7 Å². The lowest BCUT2D eigenvalue weighted by Gasteiger charge is -2.13. The van der Waals surface area contributed by atoms with E-state index in [2.05, 4.69) is 5.32 Å². The lowest BCUT2D eigenvalue weighted by molar-refractivity contribution is 0.303. The lowest BCUT2D eigenvalue weighted by Crippen LogP contribution is -2.20. The largest absolute Gasteiger partial charge is 0.494 e. The van der Waals surface area contributed by atoms with Crippen LogP contribution in [0.2, 0.25) is 0 Å². The Kier molecular flexibility index (Phi) is 7.54. The fourth-order valence-electron chi connectivity index (χ4n) is 2.93. The first-order valence-electron chi connectivity index (χ1n) is 8.34. The summed E-state index contributed by atoms with van der Waals surface area (Å²) in [5, 5.41) is 3.56. The summed E-state index contributed by atoms with van der Waals surface area (Å²) in [5.74, 6) is 1.93. The van der Waals surface area contributed by atoms with E-state index in [0.717, 1.165) is 18.3 Å². The van der Waals surface area contributed by atoms with E-state index in [1.54, 1.807) is 0 Å². The Morgan fingerprint density at radius 1 is 1.00 bits per heavy atom. The molecule has 1 aliphatic rings. The topological polar surface area (TPSA) is 21.3 Å². The van der Waals surface area contributed by atoms with Gasteiger partial charge in [0.05, 0.1) is 6.61 Å². The summed E-state index contributed by atoms with van der Waals surface area (Å²) in [7, 11) is 0. The molecule has 0 amide bonds. The minimum atomic E-state index is 0.856. The zero-order chi connectivity index (χ0) is 13.9. The van der Waals surface area contributed by atoms with Crippen LogP contribution in [-0.2, 0) is 0 Å². The molecule has 1 heterocycles. The summed E-state index contributed by atoms with van der Waals surface area (Å²) in [5.41, 5.74) is 0. The first-order valence-corrected chi connectivity index (χ1v) is 8.34. The molecule has 1 aromatic rings. The van der Waals surface area contributed by atoms with Crippen LogP contribution in [0, 0.1) is 5.92 Å². The van der Waals surface area contributed by atoms with Crippen molar-refractivity contribution in [1.82, 2.24) is 5.32 Å². The Morgan fingerprint density at radius 3 is 2.75 bits per heavy atom. The standard InChI is InChI=1S/C18H29NO/c1(4-10-17-11-7-8-14-19-16-17)2-9-15-20-18-12-5-3-6-13-18/h3,5-6,12-13,17,19H,1-2,4,7-11,14-16H2. The monoisotopic (exact) mass is 275 g/mol. The predicted octanol–water partition coefficient (Wildman–Crippen LogP) is 4.41. The number of nitrogens with one attached hydrogen (secondary N) is 1. The summed E-state index contributed by atoms with van der Waals surface area (Å²) < 4.78 is 5.71. The van der Waals surface area contributed by atoms with Gasteiger partial charge in [-0.2, -0.15) is 0 Å². The summed E-state index contributed by atoms with van der Waals surface area (Å²) in [6.07, 6.45) is 10.9. The zero-order valence-electron chi connectivity index (χ0n) is 12.7. The molecule has 20 heavy (non-hydrogen) atoms. The van der Waals surface area contributed by atoms with Crippen molar-refractivity contribution < 1.29 is 4.74 Å². The Labute approximate surface area is 123 Å². The molecule has 0 radical (unpaired) electrons. The molecule has 2 rings (SSSR count). The quantitative estimate of drug-likeness (QED) is 0.710. The molecular formula is C18H29NO. The number of rotatable bonds is 8. The molecular weight excluding hydrogens is 246 g/mol. The van der Waals surface area contributed by atoms with Crippen molar-refractivity contribution in [2.24, 2.45) is 5.92 Å². The minimum Gasteiger partial charge on any atom is -0.494 e. The number of hydrogen-bond acceptors (Lipinski definition) is 2. The van der Waals surface area contributed by atoms with Gasteiger partial charge in [0, 0.05) is 0 Å². The van der Waals surface area contributed by atoms with Gasteiger partial charge in [-0.3, -0.25) is 0 Å². The van der Waals surface area contributed by atoms with Crippen molar-refractivity contribution in [1.29, 1.82) is 0 Å². The molecule has 1 aromatic carbocycles. The van der Waals surface area contributed by atoms with Gasteiger partial charge in [0.2, 0.25) is 0 Å². The van der Waals surface area contributed by atoms with Crippen molar-refractivity contribution in [3.05, 3.63) is 30.3 Å². The summed E-state index contributed by atoms with van der Waals surface area (Å²) in [4.78, 5) is 0. The molecule has 0 saturated carbocycles. The van der Waals surface area contributed by atoms with Crippen LogP contribution in [0.4, 0.5) is 0 Å². The summed E-state index contributed by atoms with van der Waals surface area (Å²) >= 11 is 0. The third-order valence-electron chi connectivity index (χ3n) is 4.17. The third kappa shape index (κ3) is 6.42. The van der Waals surface area contributed by atoms with E-state index in [1.165, 1.54) is 64.5 Å². The Balaban J connectivity index is 1.43. The van der Waals surface area contributed by atoms with Crippen LogP contribution in [0.5, 0.6) is 5.75 Å². The SMILES string of the molecule is c1ccc(OCCCCCCC2CCCCNC2)cc1. The first-order chi connectivity index (χ1) is 9.95. The maximum absolute atomic E-state index is 5.71. The normalized spacial score (nSPS) is 19.5. The van der Waals surface area contributed by atoms with Crippen molar-refractivity contribution in [3.63, 3.8) is 0 Å². The van der Waals surface area contributed by atoms with Gasteiger partial charge in [0.1, 0.15) is 5.75 Å². The van der Waals surface area contributed by atoms with Gasteiger partial charge in [0.25, 0.3) is 0 Å². The van der Waals surface area contributed by atoms with Crippen LogP contribution in [0.25, 0.3) is 0 Å². The second kappa shape index (κ2) is 9.82. The van der Waals surface area contributed by atoms with Gasteiger partial charge in [-0.05, 0) is 56.8 Å². The maximum Gasteiger partial charge on any atom is 0.119 e. The van der Waals surface area contributed by atoms with Crippen molar-refractivity contribution >= 4 is 0 Å². The van der Waals surface area contributed by atoms with E-state index in [1.807, 2.05) is 30.3 Å². The highest BCUT2D eigenvalue weighted by atomic mass is 16.5. The highest BCUT2D eigenvalue weighted by Crippen LogP contribution is 2.18. The smallest absolute Gasteiger partial charge is 0.119 e. The maximum atomic E-state index is 5.71. The van der Waals surface area contributed by atoms with E-state index in [0.29, 0.717) is 0 Å². The molecule has 1 atom stereocenters. The van der Waals surface area contributed by atoms with Gasteiger partial charge in [-0.25, -0.2) is 0 Å². The fourth-order valence-corrected chi connectivity index (χ4v) is 2.93. The van der Waals surface area contributed by atoms with E-state index in [-0.39, 0.29) is 0 Å². The van der Waals surface area contributed by atoms with Crippen molar-refractivity contribution in [3.8, 4) is 5.75 Å². The third-order valence-corrected chi connectivity index (χ3v) is 4.17. The Morgan fingerprint density at radius 2 is 1.85 bits per heavy atom. The van der Waals surface area contributed by atoms with Gasteiger partial charge in [0.15, 0.2) is 0 Å². The van der Waals surface area contributed by atoms with Gasteiger partial charge >= 0.3 is 0 Å². The van der Waals surface area contributed by atoms with Gasteiger partial charge in [-0.1, -0.05) is 43.9 Å². The summed E-state index contributed by atoms with van der Waals surface area (Å²) in [6, 6.07) is 10.1. The summed E-state index contributed by atoms with van der Waals surface area (Å²) in [6.45, 7) is 3.33. The number of unbranched alkanes of at least 4 members (excludes halogenated alkanes) is 3. The predicted molar refractivity (Wildman–Crippen MR) is 85.2 cm³/mol. The van der Waals surface area contributed by atoms with Crippen LogP contribution in [0.15, 0.2) is 30.3 Å². The molecule has 1 unspecified atom stereocenters. The van der Waals surface area contributed by atoms with Crippen LogP contribution in [0.3, 0.4) is 0 Å². The van der Waals surface area contributed by atoms with E-state index < -0.39 is 0 Å². The molecule has 1 fully saturated rings. The molecule has 0 aliphatic carbocycles. The molecule has 2 nitrogen and oxygen atoms in total. The molecule has 0 bridgehead atoms. The average molecular weight is 275 g/mol. The minimum absolute atomic E-state index is 0.856. The average Bonchev–Trinajstić information content (AvgIpc) is 2.76. The van der Waals surface area contributed by atoms with Gasteiger partial charge in [-0.15, -0.1) is 0 Å². The molecule has 1 saturated heterocycles. The van der Waals surface area contributed by atoms with E-state index in [4.69, 9.17) is 4.74 Å².